The minimum absolute atomic E-state index is 0.119. The van der Waals surface area contributed by atoms with E-state index in [4.69, 9.17) is 4.74 Å². The molecule has 3 rings (SSSR count). The first-order chi connectivity index (χ1) is 14.0. The number of aromatic nitrogens is 1. The van der Waals surface area contributed by atoms with Crippen molar-refractivity contribution in [2.45, 2.75) is 0 Å². The van der Waals surface area contributed by atoms with Gasteiger partial charge in [0.1, 0.15) is 5.75 Å². The molecule has 0 unspecified atom stereocenters. The zero-order valence-electron chi connectivity index (χ0n) is 14.9. The summed E-state index contributed by atoms with van der Waals surface area (Å²) in [6.45, 7) is 0. The van der Waals surface area contributed by atoms with Crippen molar-refractivity contribution in [3.05, 3.63) is 99.9 Å². The molecule has 29 heavy (non-hydrogen) atoms. The predicted octanol–water partition coefficient (Wildman–Crippen LogP) is 2.97. The summed E-state index contributed by atoms with van der Waals surface area (Å²) in [5.74, 6) is -0.757. The van der Waals surface area contributed by atoms with E-state index in [0.29, 0.717) is 16.9 Å². The van der Waals surface area contributed by atoms with Crippen molar-refractivity contribution in [3.8, 4) is 5.75 Å². The van der Waals surface area contributed by atoms with E-state index in [-0.39, 0.29) is 11.3 Å². The van der Waals surface area contributed by atoms with E-state index in [9.17, 15) is 19.7 Å². The fourth-order valence-electron chi connectivity index (χ4n) is 2.26. The van der Waals surface area contributed by atoms with Gasteiger partial charge in [0.05, 0.1) is 16.7 Å². The summed E-state index contributed by atoms with van der Waals surface area (Å²) in [6, 6.07) is 15.0. The maximum Gasteiger partial charge on any atom is 0.345 e. The first-order valence-electron chi connectivity index (χ1n) is 8.33. The summed E-state index contributed by atoms with van der Waals surface area (Å²) in [4.78, 5) is 38.0. The monoisotopic (exact) mass is 390 g/mol. The quantitative estimate of drug-likeness (QED) is 0.227. The maximum atomic E-state index is 12.0. The highest BCUT2D eigenvalue weighted by molar-refractivity contribution is 5.95. The minimum Gasteiger partial charge on any atom is -0.423 e. The second-order valence-electron chi connectivity index (χ2n) is 5.71. The maximum absolute atomic E-state index is 12.0. The number of non-ortho nitro benzene ring substituents is 1. The summed E-state index contributed by atoms with van der Waals surface area (Å²) in [7, 11) is 0. The van der Waals surface area contributed by atoms with Crippen molar-refractivity contribution >= 4 is 23.8 Å². The summed E-state index contributed by atoms with van der Waals surface area (Å²) < 4.78 is 5.24. The first-order valence-corrected chi connectivity index (χ1v) is 8.33. The van der Waals surface area contributed by atoms with E-state index < -0.39 is 16.8 Å². The highest BCUT2D eigenvalue weighted by Crippen LogP contribution is 2.14. The summed E-state index contributed by atoms with van der Waals surface area (Å²) in [5, 5.41) is 14.6. The van der Waals surface area contributed by atoms with E-state index in [1.165, 1.54) is 30.6 Å². The zero-order chi connectivity index (χ0) is 20.6. The zero-order valence-corrected chi connectivity index (χ0v) is 14.9. The van der Waals surface area contributed by atoms with Crippen molar-refractivity contribution in [1.29, 1.82) is 0 Å². The second kappa shape index (κ2) is 9.00. The van der Waals surface area contributed by atoms with Crippen molar-refractivity contribution in [3.63, 3.8) is 0 Å². The molecule has 0 aliphatic rings. The third-order valence-electron chi connectivity index (χ3n) is 3.69. The van der Waals surface area contributed by atoms with Crippen LogP contribution in [-0.2, 0) is 0 Å². The number of hydrogen-bond donors (Lipinski definition) is 1. The molecule has 0 bridgehead atoms. The first kappa shape index (κ1) is 19.4. The van der Waals surface area contributed by atoms with Gasteiger partial charge >= 0.3 is 5.97 Å². The van der Waals surface area contributed by atoms with Gasteiger partial charge < -0.3 is 4.74 Å². The van der Waals surface area contributed by atoms with E-state index >= 15 is 0 Å². The number of nitro benzene ring substituents is 1. The number of esters is 1. The number of nitrogens with one attached hydrogen (secondary N) is 1. The van der Waals surface area contributed by atoms with Gasteiger partial charge in [-0.25, -0.2) is 10.2 Å². The van der Waals surface area contributed by atoms with Crippen molar-refractivity contribution in [2.24, 2.45) is 5.10 Å². The molecule has 0 saturated carbocycles. The van der Waals surface area contributed by atoms with Crippen LogP contribution in [0.5, 0.6) is 5.75 Å². The van der Waals surface area contributed by atoms with Gasteiger partial charge in [-0.2, -0.15) is 5.10 Å². The van der Waals surface area contributed by atoms with Crippen LogP contribution in [0.25, 0.3) is 0 Å². The van der Waals surface area contributed by atoms with Crippen LogP contribution < -0.4 is 10.2 Å². The number of hydrogen-bond acceptors (Lipinski definition) is 7. The summed E-state index contributed by atoms with van der Waals surface area (Å²) in [5.41, 5.74) is 3.21. The van der Waals surface area contributed by atoms with Gasteiger partial charge in [0.2, 0.25) is 0 Å². The number of hydrazone groups is 1. The summed E-state index contributed by atoms with van der Waals surface area (Å²) in [6.07, 6.45) is 4.36. The molecule has 1 aromatic heterocycles. The smallest absolute Gasteiger partial charge is 0.345 e. The average Bonchev–Trinajstić information content (AvgIpc) is 2.75. The molecule has 9 nitrogen and oxygen atoms in total. The van der Waals surface area contributed by atoms with E-state index in [0.717, 1.165) is 6.07 Å². The number of carbonyl (C=O) groups excluding carboxylic acids is 2. The lowest BCUT2D eigenvalue weighted by atomic mass is 10.2. The number of nitro groups is 1. The Morgan fingerprint density at radius 1 is 1.07 bits per heavy atom. The Hall–Kier alpha value is -4.40. The van der Waals surface area contributed by atoms with Gasteiger partial charge in [-0.3, -0.25) is 19.9 Å². The van der Waals surface area contributed by atoms with Crippen LogP contribution >= 0.6 is 0 Å². The molecule has 1 amide bonds. The van der Waals surface area contributed by atoms with Gasteiger partial charge in [-0.05, 0) is 48.0 Å². The Morgan fingerprint density at radius 2 is 1.83 bits per heavy atom. The Kier molecular flexibility index (Phi) is 6.01. The van der Waals surface area contributed by atoms with Gasteiger partial charge in [0.25, 0.3) is 11.6 Å². The number of rotatable bonds is 6. The molecule has 9 heteroatoms. The van der Waals surface area contributed by atoms with Crippen LogP contribution in [-0.4, -0.2) is 28.0 Å². The van der Waals surface area contributed by atoms with Crippen LogP contribution in [0.3, 0.4) is 0 Å². The molecule has 144 valence electrons. The summed E-state index contributed by atoms with van der Waals surface area (Å²) >= 11 is 0. The van der Waals surface area contributed by atoms with Crippen LogP contribution in [0.2, 0.25) is 0 Å². The normalized spacial score (nSPS) is 10.5. The number of pyridine rings is 1. The topological polar surface area (TPSA) is 124 Å². The minimum atomic E-state index is -0.581. The number of benzene rings is 2. The third-order valence-corrected chi connectivity index (χ3v) is 3.69. The van der Waals surface area contributed by atoms with Crippen molar-refractivity contribution < 1.29 is 19.2 Å². The fraction of sp³-hybridized carbons (Fsp3) is 0. The van der Waals surface area contributed by atoms with Crippen molar-refractivity contribution in [1.82, 2.24) is 10.4 Å². The largest absolute Gasteiger partial charge is 0.423 e. The molecular formula is C20H14N4O5. The third kappa shape index (κ3) is 5.30. The number of amides is 1. The molecular weight excluding hydrogens is 376 g/mol. The molecule has 0 atom stereocenters. The SMILES string of the molecule is O=C(N/N=C/c1ccc(OC(=O)c2cccnc2)cc1)c1cccc([N+](=O)[O-])c1. The number of nitrogens with zero attached hydrogens (tertiary/aromatic N) is 3. The van der Waals surface area contributed by atoms with Crippen LogP contribution in [0.4, 0.5) is 5.69 Å². The van der Waals surface area contributed by atoms with Gasteiger partial charge in [-0.1, -0.05) is 6.07 Å². The van der Waals surface area contributed by atoms with Gasteiger partial charge in [0, 0.05) is 30.1 Å². The molecule has 1 N–H and O–H groups in total. The Balaban J connectivity index is 1.57. The predicted molar refractivity (Wildman–Crippen MR) is 104 cm³/mol. The average molecular weight is 390 g/mol. The van der Waals surface area contributed by atoms with E-state index in [1.54, 1.807) is 42.6 Å². The van der Waals surface area contributed by atoms with E-state index in [2.05, 4.69) is 15.5 Å². The van der Waals surface area contributed by atoms with Crippen molar-refractivity contribution in [2.75, 3.05) is 0 Å². The highest BCUT2D eigenvalue weighted by atomic mass is 16.6. The lowest BCUT2D eigenvalue weighted by Crippen LogP contribution is -2.17. The molecule has 0 radical (unpaired) electrons. The Bertz CT molecular complexity index is 1070. The molecule has 0 fully saturated rings. The van der Waals surface area contributed by atoms with Crippen LogP contribution in [0.15, 0.2) is 78.2 Å². The molecule has 2 aromatic carbocycles. The lowest BCUT2D eigenvalue weighted by Gasteiger charge is -2.04. The molecule has 0 aliphatic carbocycles. The number of carbonyl (C=O) groups is 2. The highest BCUT2D eigenvalue weighted by Gasteiger charge is 2.11. The lowest BCUT2D eigenvalue weighted by molar-refractivity contribution is -0.384. The second-order valence-corrected chi connectivity index (χ2v) is 5.71. The van der Waals surface area contributed by atoms with Gasteiger partial charge in [0.15, 0.2) is 0 Å². The van der Waals surface area contributed by atoms with E-state index in [1.807, 2.05) is 0 Å². The molecule has 1 heterocycles. The number of ether oxygens (including phenoxy) is 1. The molecule has 3 aromatic rings. The Morgan fingerprint density at radius 3 is 2.52 bits per heavy atom. The van der Waals surface area contributed by atoms with Crippen LogP contribution in [0, 0.1) is 10.1 Å². The van der Waals surface area contributed by atoms with Crippen LogP contribution in [0.1, 0.15) is 26.3 Å². The molecule has 0 aliphatic heterocycles. The van der Waals surface area contributed by atoms with Gasteiger partial charge in [-0.15, -0.1) is 0 Å². The fourth-order valence-corrected chi connectivity index (χ4v) is 2.26. The molecule has 0 saturated heterocycles. The standard InChI is InChI=1S/C20H14N4O5/c25-19(15-3-1-5-17(11-15)24(27)28)23-22-12-14-6-8-18(9-7-14)29-20(26)16-4-2-10-21-13-16/h1-13H,(H,23,25)/b22-12+. The Labute approximate surface area is 164 Å². The molecule has 0 spiro atoms.